The topological polar surface area (TPSA) is 63.8 Å². The van der Waals surface area contributed by atoms with Crippen LogP contribution in [0, 0.1) is 6.92 Å². The largest absolute Gasteiger partial charge is 0.392 e. The minimum absolute atomic E-state index is 0.0796. The molecule has 0 radical (unpaired) electrons. The first-order valence-corrected chi connectivity index (χ1v) is 7.48. The summed E-state index contributed by atoms with van der Waals surface area (Å²) in [7, 11) is 0. The van der Waals surface area contributed by atoms with Crippen LogP contribution in [0.3, 0.4) is 0 Å². The molecule has 0 aliphatic carbocycles. The van der Waals surface area contributed by atoms with Gasteiger partial charge < -0.3 is 9.67 Å². The van der Waals surface area contributed by atoms with Crippen molar-refractivity contribution in [2.75, 3.05) is 0 Å². The number of fused-ring (bicyclic) bond motifs is 1. The number of aliphatic hydroxyl groups is 1. The fourth-order valence-electron chi connectivity index (χ4n) is 2.52. The van der Waals surface area contributed by atoms with Crippen molar-refractivity contribution in [1.29, 1.82) is 0 Å². The maximum Gasteiger partial charge on any atom is 0.164 e. The van der Waals surface area contributed by atoms with Crippen LogP contribution in [0.25, 0.3) is 22.4 Å². The molecule has 0 atom stereocenters. The number of rotatable bonds is 3. The Morgan fingerprint density at radius 3 is 2.68 bits per heavy atom. The van der Waals surface area contributed by atoms with Crippen molar-refractivity contribution in [3.05, 3.63) is 40.9 Å². The summed E-state index contributed by atoms with van der Waals surface area (Å²) in [6.07, 6.45) is 3.29. The van der Waals surface area contributed by atoms with Gasteiger partial charge in [0.15, 0.2) is 5.65 Å². The van der Waals surface area contributed by atoms with E-state index >= 15 is 0 Å². The summed E-state index contributed by atoms with van der Waals surface area (Å²) >= 11 is 6.25. The van der Waals surface area contributed by atoms with E-state index in [1.165, 1.54) is 6.33 Å². The zero-order valence-corrected chi connectivity index (χ0v) is 13.5. The normalized spacial score (nSPS) is 11.5. The summed E-state index contributed by atoms with van der Waals surface area (Å²) in [5, 5.41) is 10.3. The van der Waals surface area contributed by atoms with Gasteiger partial charge in [0.1, 0.15) is 17.5 Å². The van der Waals surface area contributed by atoms with E-state index in [-0.39, 0.29) is 12.6 Å². The Kier molecular flexibility index (Phi) is 3.85. The maximum absolute atomic E-state index is 9.65. The lowest BCUT2D eigenvalue weighted by Gasteiger charge is -2.11. The maximum atomic E-state index is 9.65. The van der Waals surface area contributed by atoms with Gasteiger partial charge in [-0.15, -0.1) is 0 Å². The van der Waals surface area contributed by atoms with Gasteiger partial charge in [0.05, 0.1) is 12.9 Å². The molecule has 1 N–H and O–H groups in total. The average Bonchev–Trinajstić information content (AvgIpc) is 2.93. The summed E-state index contributed by atoms with van der Waals surface area (Å²) < 4.78 is 1.99. The number of imidazole rings is 1. The molecule has 0 spiro atoms. The van der Waals surface area contributed by atoms with Gasteiger partial charge in [-0.1, -0.05) is 17.7 Å². The van der Waals surface area contributed by atoms with Crippen molar-refractivity contribution < 1.29 is 5.11 Å². The van der Waals surface area contributed by atoms with Crippen LogP contribution in [-0.2, 0) is 6.61 Å². The number of benzene rings is 1. The van der Waals surface area contributed by atoms with Crippen molar-refractivity contribution in [2.45, 2.75) is 33.4 Å². The number of hydrogen-bond acceptors (Lipinski definition) is 4. The number of aliphatic hydroxyl groups excluding tert-OH is 1. The predicted molar refractivity (Wildman–Crippen MR) is 86.8 cm³/mol. The van der Waals surface area contributed by atoms with Crippen LogP contribution in [0.15, 0.2) is 24.8 Å². The average molecular weight is 317 g/mol. The molecular weight excluding hydrogens is 300 g/mol. The summed E-state index contributed by atoms with van der Waals surface area (Å²) in [6, 6.07) is 3.97. The van der Waals surface area contributed by atoms with Crippen LogP contribution in [0.1, 0.15) is 31.0 Å². The third-order valence-electron chi connectivity index (χ3n) is 3.73. The molecule has 0 saturated heterocycles. The molecule has 0 unspecified atom stereocenters. The minimum Gasteiger partial charge on any atom is -0.392 e. The molecule has 22 heavy (non-hydrogen) atoms. The van der Waals surface area contributed by atoms with Crippen LogP contribution in [0.2, 0.25) is 5.02 Å². The van der Waals surface area contributed by atoms with E-state index in [0.717, 1.165) is 22.3 Å². The predicted octanol–water partition coefficient (Wildman–Crippen LogP) is 3.53. The molecule has 0 bridgehead atoms. The first-order chi connectivity index (χ1) is 10.5. The zero-order valence-electron chi connectivity index (χ0n) is 12.7. The third kappa shape index (κ3) is 2.36. The fourth-order valence-corrected chi connectivity index (χ4v) is 2.68. The Hall–Kier alpha value is -1.98. The first kappa shape index (κ1) is 14.9. The number of hydrogen-bond donors (Lipinski definition) is 1. The second kappa shape index (κ2) is 5.66. The van der Waals surface area contributed by atoms with Gasteiger partial charge in [-0.3, -0.25) is 0 Å². The van der Waals surface area contributed by atoms with E-state index in [1.54, 1.807) is 6.33 Å². The van der Waals surface area contributed by atoms with Crippen LogP contribution >= 0.6 is 11.6 Å². The van der Waals surface area contributed by atoms with Gasteiger partial charge in [-0.25, -0.2) is 15.0 Å². The molecule has 0 amide bonds. The Morgan fingerprint density at radius 1 is 1.23 bits per heavy atom. The van der Waals surface area contributed by atoms with Gasteiger partial charge >= 0.3 is 0 Å². The highest BCUT2D eigenvalue weighted by atomic mass is 35.5. The highest BCUT2D eigenvalue weighted by molar-refractivity contribution is 6.31. The molecule has 6 heteroatoms. The SMILES string of the molecule is Cc1cc(CO)c(-c2ncnc3c2ncn3C(C)C)cc1Cl. The van der Waals surface area contributed by atoms with E-state index in [1.807, 2.05) is 23.6 Å². The molecule has 3 aromatic rings. The molecular formula is C16H17ClN4O. The molecule has 1 aromatic carbocycles. The lowest BCUT2D eigenvalue weighted by molar-refractivity contribution is 0.282. The second-order valence-corrected chi connectivity index (χ2v) is 5.96. The minimum atomic E-state index is -0.0796. The van der Waals surface area contributed by atoms with Crippen molar-refractivity contribution in [3.63, 3.8) is 0 Å². The van der Waals surface area contributed by atoms with Crippen molar-refractivity contribution >= 4 is 22.8 Å². The van der Waals surface area contributed by atoms with Gasteiger partial charge in [-0.2, -0.15) is 0 Å². The quantitative estimate of drug-likeness (QED) is 0.803. The van der Waals surface area contributed by atoms with E-state index in [4.69, 9.17) is 11.6 Å². The number of nitrogens with zero attached hydrogens (tertiary/aromatic N) is 4. The van der Waals surface area contributed by atoms with Crippen LogP contribution in [0.4, 0.5) is 0 Å². The molecule has 2 aromatic heterocycles. The van der Waals surface area contributed by atoms with Gasteiger partial charge in [0, 0.05) is 16.6 Å². The van der Waals surface area contributed by atoms with E-state index in [9.17, 15) is 5.11 Å². The number of aryl methyl sites for hydroxylation is 1. The lowest BCUT2D eigenvalue weighted by Crippen LogP contribution is -2.01. The Balaban J connectivity index is 2.29. The fraction of sp³-hybridized carbons (Fsp3) is 0.312. The Morgan fingerprint density at radius 2 is 2.00 bits per heavy atom. The van der Waals surface area contributed by atoms with Crippen molar-refractivity contribution in [1.82, 2.24) is 19.5 Å². The smallest absolute Gasteiger partial charge is 0.164 e. The van der Waals surface area contributed by atoms with Crippen molar-refractivity contribution in [3.8, 4) is 11.3 Å². The van der Waals surface area contributed by atoms with Crippen LogP contribution < -0.4 is 0 Å². The molecule has 114 valence electrons. The van der Waals surface area contributed by atoms with E-state index in [0.29, 0.717) is 16.2 Å². The Labute approximate surface area is 133 Å². The van der Waals surface area contributed by atoms with Gasteiger partial charge in [-0.05, 0) is 38.0 Å². The monoisotopic (exact) mass is 316 g/mol. The summed E-state index contributed by atoms with van der Waals surface area (Å²) in [5.41, 5.74) is 4.68. The van der Waals surface area contributed by atoms with Crippen molar-refractivity contribution in [2.24, 2.45) is 0 Å². The molecule has 2 heterocycles. The molecule has 0 aliphatic rings. The first-order valence-electron chi connectivity index (χ1n) is 7.10. The number of aromatic nitrogens is 4. The summed E-state index contributed by atoms with van der Waals surface area (Å²) in [4.78, 5) is 13.2. The van der Waals surface area contributed by atoms with Gasteiger partial charge in [0.2, 0.25) is 0 Å². The highest BCUT2D eigenvalue weighted by Gasteiger charge is 2.16. The van der Waals surface area contributed by atoms with Crippen LogP contribution in [0.5, 0.6) is 0 Å². The number of halogens is 1. The molecule has 3 rings (SSSR count). The standard InChI is InChI=1S/C16H17ClN4O/c1-9(2)21-8-20-15-14(18-7-19-16(15)21)12-5-13(17)10(3)4-11(12)6-22/h4-5,7-9,22H,6H2,1-3H3. The van der Waals surface area contributed by atoms with Gasteiger partial charge in [0.25, 0.3) is 0 Å². The summed E-state index contributed by atoms with van der Waals surface area (Å²) in [6.45, 7) is 5.98. The molecule has 0 saturated carbocycles. The van der Waals surface area contributed by atoms with Crippen LogP contribution in [-0.4, -0.2) is 24.6 Å². The second-order valence-electron chi connectivity index (χ2n) is 5.56. The third-order valence-corrected chi connectivity index (χ3v) is 4.13. The highest BCUT2D eigenvalue weighted by Crippen LogP contribution is 2.32. The summed E-state index contributed by atoms with van der Waals surface area (Å²) in [5.74, 6) is 0. The van der Waals surface area contributed by atoms with E-state index in [2.05, 4.69) is 28.8 Å². The molecule has 5 nitrogen and oxygen atoms in total. The lowest BCUT2D eigenvalue weighted by atomic mass is 10.0. The Bertz CT molecular complexity index is 842. The molecule has 0 fully saturated rings. The van der Waals surface area contributed by atoms with E-state index < -0.39 is 0 Å². The molecule has 0 aliphatic heterocycles. The zero-order chi connectivity index (χ0) is 15.9.